The lowest BCUT2D eigenvalue weighted by atomic mass is 10.1. The lowest BCUT2D eigenvalue weighted by Crippen LogP contribution is -2.26. The van der Waals surface area contributed by atoms with Gasteiger partial charge in [-0.05, 0) is 38.6 Å². The first kappa shape index (κ1) is 15.4. The summed E-state index contributed by atoms with van der Waals surface area (Å²) in [6.45, 7) is 4.94. The van der Waals surface area contributed by atoms with Crippen molar-refractivity contribution in [3.05, 3.63) is 75.8 Å². The summed E-state index contributed by atoms with van der Waals surface area (Å²) in [5.41, 5.74) is 3.15. The van der Waals surface area contributed by atoms with Crippen LogP contribution in [0.4, 0.5) is 0 Å². The smallest absolute Gasteiger partial charge is 0.258 e. The van der Waals surface area contributed by atoms with Crippen LogP contribution in [-0.2, 0) is 6.54 Å². The molecule has 0 radical (unpaired) electrons. The third kappa shape index (κ3) is 3.32. The number of hydrogen-bond donors (Lipinski definition) is 1. The number of hydrogen-bond acceptors (Lipinski definition) is 3. The summed E-state index contributed by atoms with van der Waals surface area (Å²) in [6.07, 6.45) is 0. The van der Waals surface area contributed by atoms with Gasteiger partial charge >= 0.3 is 0 Å². The number of aryl methyl sites for hydroxylation is 1. The minimum Gasteiger partial charge on any atom is -0.309 e. The molecule has 0 aliphatic rings. The van der Waals surface area contributed by atoms with Crippen molar-refractivity contribution in [3.8, 4) is 0 Å². The van der Waals surface area contributed by atoms with Crippen LogP contribution in [-0.4, -0.2) is 21.9 Å². The number of benzene rings is 2. The number of aromatic amines is 1. The van der Waals surface area contributed by atoms with E-state index in [1.165, 1.54) is 11.1 Å². The Balaban J connectivity index is 1.85. The van der Waals surface area contributed by atoms with Gasteiger partial charge < -0.3 is 4.98 Å². The molecule has 0 unspecified atom stereocenters. The van der Waals surface area contributed by atoms with Crippen molar-refractivity contribution in [2.24, 2.45) is 0 Å². The average Bonchev–Trinajstić information content (AvgIpc) is 2.56. The second kappa shape index (κ2) is 6.34. The van der Waals surface area contributed by atoms with Crippen molar-refractivity contribution in [3.63, 3.8) is 0 Å². The zero-order chi connectivity index (χ0) is 16.4. The van der Waals surface area contributed by atoms with Crippen molar-refractivity contribution >= 4 is 10.9 Å². The predicted octanol–water partition coefficient (Wildman–Crippen LogP) is 3.42. The van der Waals surface area contributed by atoms with Crippen LogP contribution in [0.2, 0.25) is 0 Å². The van der Waals surface area contributed by atoms with Crippen LogP contribution in [0.1, 0.15) is 29.9 Å². The molecular weight excluding hydrogens is 286 g/mol. The van der Waals surface area contributed by atoms with Gasteiger partial charge in [-0.1, -0.05) is 42.0 Å². The van der Waals surface area contributed by atoms with E-state index < -0.39 is 0 Å². The fourth-order valence-electron chi connectivity index (χ4n) is 2.63. The molecule has 1 heterocycles. The van der Waals surface area contributed by atoms with Crippen LogP contribution in [0.25, 0.3) is 10.9 Å². The number of nitrogens with zero attached hydrogens (tertiary/aromatic N) is 2. The fraction of sp³-hybridized carbons (Fsp3) is 0.263. The maximum absolute atomic E-state index is 12.2. The van der Waals surface area contributed by atoms with Gasteiger partial charge in [0.15, 0.2) is 0 Å². The van der Waals surface area contributed by atoms with Crippen molar-refractivity contribution in [2.45, 2.75) is 26.4 Å². The normalized spacial score (nSPS) is 12.7. The highest BCUT2D eigenvalue weighted by Gasteiger charge is 2.15. The summed E-state index contributed by atoms with van der Waals surface area (Å²) in [5.74, 6) is 0.698. The Labute approximate surface area is 135 Å². The molecule has 0 aliphatic heterocycles. The monoisotopic (exact) mass is 307 g/mol. The number of para-hydroxylation sites is 1. The Morgan fingerprint density at radius 2 is 1.83 bits per heavy atom. The van der Waals surface area contributed by atoms with Gasteiger partial charge in [0.05, 0.1) is 16.9 Å². The molecule has 3 aromatic rings. The maximum Gasteiger partial charge on any atom is 0.258 e. The lowest BCUT2D eigenvalue weighted by molar-refractivity contribution is 0.244. The first-order valence-electron chi connectivity index (χ1n) is 7.79. The maximum atomic E-state index is 12.2. The summed E-state index contributed by atoms with van der Waals surface area (Å²) in [5, 5.41) is 0.629. The van der Waals surface area contributed by atoms with E-state index in [4.69, 9.17) is 0 Å². The van der Waals surface area contributed by atoms with Crippen LogP contribution in [0.5, 0.6) is 0 Å². The van der Waals surface area contributed by atoms with Crippen LogP contribution >= 0.6 is 0 Å². The molecule has 4 nitrogen and oxygen atoms in total. The van der Waals surface area contributed by atoms with Gasteiger partial charge in [0.25, 0.3) is 5.56 Å². The van der Waals surface area contributed by atoms with Crippen molar-refractivity contribution in [2.75, 3.05) is 7.05 Å². The second-order valence-corrected chi connectivity index (χ2v) is 6.05. The Kier molecular flexibility index (Phi) is 4.26. The Morgan fingerprint density at radius 3 is 2.57 bits per heavy atom. The summed E-state index contributed by atoms with van der Waals surface area (Å²) in [7, 11) is 2.04. The molecular formula is C19H21N3O. The number of rotatable bonds is 4. The summed E-state index contributed by atoms with van der Waals surface area (Å²) < 4.78 is 0. The molecule has 0 fully saturated rings. The molecule has 3 rings (SSSR count). The first-order chi connectivity index (χ1) is 11.0. The van der Waals surface area contributed by atoms with Gasteiger partial charge in [-0.15, -0.1) is 0 Å². The SMILES string of the molecule is Cc1ccc(CN(C)[C@@H](C)c2nc3ccccc3c(=O)[nH]2)cc1. The van der Waals surface area contributed by atoms with E-state index in [-0.39, 0.29) is 11.6 Å². The van der Waals surface area contributed by atoms with E-state index in [0.29, 0.717) is 11.2 Å². The third-order valence-corrected chi connectivity index (χ3v) is 4.24. The highest BCUT2D eigenvalue weighted by molar-refractivity contribution is 5.77. The molecule has 1 atom stereocenters. The minimum atomic E-state index is -0.0822. The highest BCUT2D eigenvalue weighted by Crippen LogP contribution is 2.18. The standard InChI is InChI=1S/C19H21N3O/c1-13-8-10-15(11-9-13)12-22(3)14(2)18-20-17-7-5-4-6-16(17)19(23)21-18/h4-11,14H,12H2,1-3H3,(H,20,21,23)/t14-/m0/s1. The molecule has 1 aromatic heterocycles. The zero-order valence-electron chi connectivity index (χ0n) is 13.7. The molecule has 0 saturated heterocycles. The topological polar surface area (TPSA) is 49.0 Å². The molecule has 4 heteroatoms. The number of aromatic nitrogens is 2. The van der Waals surface area contributed by atoms with Crippen LogP contribution < -0.4 is 5.56 Å². The van der Waals surface area contributed by atoms with Crippen LogP contribution in [0.3, 0.4) is 0 Å². The van der Waals surface area contributed by atoms with Gasteiger partial charge in [-0.2, -0.15) is 0 Å². The minimum absolute atomic E-state index is 0.0219. The predicted molar refractivity (Wildman–Crippen MR) is 93.4 cm³/mol. The largest absolute Gasteiger partial charge is 0.309 e. The number of H-pyrrole nitrogens is 1. The van der Waals surface area contributed by atoms with Gasteiger partial charge in [0.1, 0.15) is 5.82 Å². The fourth-order valence-corrected chi connectivity index (χ4v) is 2.63. The Bertz CT molecular complexity index is 868. The van der Waals surface area contributed by atoms with Crippen molar-refractivity contribution < 1.29 is 0 Å². The summed E-state index contributed by atoms with van der Waals surface area (Å²) in [6, 6.07) is 15.9. The number of nitrogens with one attached hydrogen (secondary N) is 1. The third-order valence-electron chi connectivity index (χ3n) is 4.24. The first-order valence-corrected chi connectivity index (χ1v) is 7.79. The molecule has 0 saturated carbocycles. The van der Waals surface area contributed by atoms with E-state index in [0.717, 1.165) is 12.1 Å². The van der Waals surface area contributed by atoms with Gasteiger partial charge in [-0.25, -0.2) is 4.98 Å². The molecule has 0 amide bonds. The quantitative estimate of drug-likeness (QED) is 0.803. The second-order valence-electron chi connectivity index (χ2n) is 6.05. The van der Waals surface area contributed by atoms with Gasteiger partial charge in [0, 0.05) is 6.54 Å². The summed E-state index contributed by atoms with van der Waals surface area (Å²) in [4.78, 5) is 21.9. The highest BCUT2D eigenvalue weighted by atomic mass is 16.1. The molecule has 0 spiro atoms. The molecule has 23 heavy (non-hydrogen) atoms. The Hall–Kier alpha value is -2.46. The average molecular weight is 307 g/mol. The molecule has 0 bridgehead atoms. The molecule has 118 valence electrons. The molecule has 1 N–H and O–H groups in total. The van der Waals surface area contributed by atoms with Gasteiger partial charge in [-0.3, -0.25) is 9.69 Å². The van der Waals surface area contributed by atoms with E-state index in [2.05, 4.69) is 53.0 Å². The van der Waals surface area contributed by atoms with Crippen molar-refractivity contribution in [1.82, 2.24) is 14.9 Å². The summed E-state index contributed by atoms with van der Waals surface area (Å²) >= 11 is 0. The lowest BCUT2D eigenvalue weighted by Gasteiger charge is -2.24. The van der Waals surface area contributed by atoms with Gasteiger partial charge in [0.2, 0.25) is 0 Å². The Morgan fingerprint density at radius 1 is 1.13 bits per heavy atom. The van der Waals surface area contributed by atoms with E-state index in [9.17, 15) is 4.79 Å². The van der Waals surface area contributed by atoms with E-state index in [1.807, 2.05) is 25.2 Å². The van der Waals surface area contributed by atoms with Crippen molar-refractivity contribution in [1.29, 1.82) is 0 Å². The number of fused-ring (bicyclic) bond motifs is 1. The van der Waals surface area contributed by atoms with E-state index >= 15 is 0 Å². The molecule has 0 aliphatic carbocycles. The van der Waals surface area contributed by atoms with E-state index in [1.54, 1.807) is 6.07 Å². The molecule has 2 aromatic carbocycles. The zero-order valence-corrected chi connectivity index (χ0v) is 13.7. The van der Waals surface area contributed by atoms with Crippen LogP contribution in [0, 0.1) is 6.92 Å². The van der Waals surface area contributed by atoms with Crippen LogP contribution in [0.15, 0.2) is 53.3 Å².